The zero-order valence-electron chi connectivity index (χ0n) is 8.93. The summed E-state index contributed by atoms with van der Waals surface area (Å²) in [6.45, 7) is 5.64. The second kappa shape index (κ2) is 5.19. The van der Waals surface area contributed by atoms with E-state index >= 15 is 0 Å². The Balaban J connectivity index is 0.00000196. The summed E-state index contributed by atoms with van der Waals surface area (Å²) >= 11 is 0. The maximum atomic E-state index is 10.8. The molecule has 0 spiro atoms. The minimum absolute atomic E-state index is 0. The number of aromatic carboxylic acids is 1. The van der Waals surface area contributed by atoms with Gasteiger partial charge >= 0.3 is 23.0 Å². The van der Waals surface area contributed by atoms with Gasteiger partial charge in [-0.3, -0.25) is 0 Å². The van der Waals surface area contributed by atoms with Crippen molar-refractivity contribution in [3.8, 4) is 5.75 Å². The molecule has 0 saturated carbocycles. The van der Waals surface area contributed by atoms with Gasteiger partial charge in [-0.2, -0.15) is 0 Å². The van der Waals surface area contributed by atoms with Crippen molar-refractivity contribution >= 4 is 5.97 Å². The Morgan fingerprint density at radius 2 is 1.80 bits per heavy atom. The number of para-hydroxylation sites is 1. The monoisotopic (exact) mass is 250 g/mol. The topological polar surface area (TPSA) is 46.5 Å². The molecular weight excluding hydrogens is 236 g/mol. The fraction of sp³-hybridized carbons (Fsp3) is 0.364. The van der Waals surface area contributed by atoms with Crippen LogP contribution in [0.2, 0.25) is 0 Å². The quantitative estimate of drug-likeness (QED) is 0.820. The number of ether oxygens (including phenoxy) is 1. The minimum atomic E-state index is -0.968. The van der Waals surface area contributed by atoms with Crippen LogP contribution >= 0.6 is 0 Å². The summed E-state index contributed by atoms with van der Waals surface area (Å²) in [5, 5.41) is 8.88. The number of carboxylic acid groups (broad SMARTS) is 1. The van der Waals surface area contributed by atoms with E-state index in [0.717, 1.165) is 0 Å². The van der Waals surface area contributed by atoms with Crippen molar-refractivity contribution in [1.29, 1.82) is 0 Å². The van der Waals surface area contributed by atoms with Gasteiger partial charge in [0.25, 0.3) is 0 Å². The van der Waals surface area contributed by atoms with Crippen LogP contribution in [0.3, 0.4) is 0 Å². The van der Waals surface area contributed by atoms with Crippen molar-refractivity contribution in [2.45, 2.75) is 26.4 Å². The van der Waals surface area contributed by atoms with E-state index in [-0.39, 0.29) is 28.2 Å². The first-order valence-corrected chi connectivity index (χ1v) is 4.41. The molecule has 3 nitrogen and oxygen atoms in total. The summed E-state index contributed by atoms with van der Waals surface area (Å²) in [7, 11) is 0. The Hall–Kier alpha value is -0.991. The van der Waals surface area contributed by atoms with Gasteiger partial charge in [-0.15, -0.1) is 0 Å². The average Bonchev–Trinajstić information content (AvgIpc) is 2.01. The maximum absolute atomic E-state index is 10.8. The smallest absolute Gasteiger partial charge is 0.487 e. The molecule has 0 saturated heterocycles. The Morgan fingerprint density at radius 1 is 1.27 bits per heavy atom. The molecule has 0 bridgehead atoms. The van der Waals surface area contributed by atoms with Crippen LogP contribution in [0.5, 0.6) is 5.75 Å². The summed E-state index contributed by atoms with van der Waals surface area (Å²) in [6, 6.07) is 6.63. The maximum Gasteiger partial charge on any atom is 2.00 e. The Kier molecular flexibility index (Phi) is 4.85. The van der Waals surface area contributed by atoms with E-state index in [1.54, 1.807) is 18.2 Å². The van der Waals surface area contributed by atoms with Crippen LogP contribution in [-0.4, -0.2) is 16.7 Å². The minimum Gasteiger partial charge on any atom is -0.487 e. The molecule has 1 aromatic carbocycles. The van der Waals surface area contributed by atoms with Gasteiger partial charge in [-0.25, -0.2) is 4.79 Å². The van der Waals surface area contributed by atoms with E-state index < -0.39 is 5.97 Å². The number of rotatable bonds is 2. The second-order valence-electron chi connectivity index (χ2n) is 4.02. The predicted molar refractivity (Wildman–Crippen MR) is 53.8 cm³/mol. The third-order valence-electron chi connectivity index (χ3n) is 1.53. The third kappa shape index (κ3) is 4.36. The first-order chi connectivity index (χ1) is 6.40. The van der Waals surface area contributed by atoms with Crippen LogP contribution in [0.25, 0.3) is 0 Å². The van der Waals surface area contributed by atoms with E-state index in [2.05, 4.69) is 0 Å². The van der Waals surface area contributed by atoms with E-state index in [9.17, 15) is 4.79 Å². The Labute approximate surface area is 99.9 Å². The van der Waals surface area contributed by atoms with Gasteiger partial charge in [0.15, 0.2) is 0 Å². The number of carbonyl (C=O) groups is 1. The van der Waals surface area contributed by atoms with Gasteiger partial charge < -0.3 is 9.84 Å². The van der Waals surface area contributed by atoms with Crippen molar-refractivity contribution in [2.75, 3.05) is 0 Å². The molecule has 0 radical (unpaired) electrons. The SMILES string of the molecule is CC(C)(C)Oc1ccccc1C(=O)O.[Fe+2]. The van der Waals surface area contributed by atoms with Crippen molar-refractivity contribution in [3.63, 3.8) is 0 Å². The van der Waals surface area contributed by atoms with Crippen LogP contribution in [0, 0.1) is 0 Å². The van der Waals surface area contributed by atoms with Gasteiger partial charge in [0.2, 0.25) is 0 Å². The molecule has 1 N–H and O–H groups in total. The number of carboxylic acids is 1. The summed E-state index contributed by atoms with van der Waals surface area (Å²) < 4.78 is 5.51. The zero-order valence-corrected chi connectivity index (χ0v) is 10.0. The predicted octanol–water partition coefficient (Wildman–Crippen LogP) is 2.56. The molecule has 0 heterocycles. The molecule has 1 rings (SSSR count). The van der Waals surface area contributed by atoms with Crippen molar-refractivity contribution in [2.24, 2.45) is 0 Å². The van der Waals surface area contributed by atoms with Crippen molar-refractivity contribution < 1.29 is 31.7 Å². The summed E-state index contributed by atoms with van der Waals surface area (Å²) in [4.78, 5) is 10.8. The molecule has 0 atom stereocenters. The number of benzene rings is 1. The van der Waals surface area contributed by atoms with Gasteiger partial charge in [-0.1, -0.05) is 12.1 Å². The molecule has 0 aromatic heterocycles. The van der Waals surface area contributed by atoms with E-state index in [4.69, 9.17) is 9.84 Å². The van der Waals surface area contributed by atoms with E-state index in [1.165, 1.54) is 6.07 Å². The molecule has 0 fully saturated rings. The van der Waals surface area contributed by atoms with E-state index in [1.807, 2.05) is 20.8 Å². The molecule has 0 aliphatic heterocycles. The molecule has 4 heteroatoms. The van der Waals surface area contributed by atoms with Crippen LogP contribution in [0.4, 0.5) is 0 Å². The molecule has 0 aliphatic rings. The summed E-state index contributed by atoms with van der Waals surface area (Å²) in [6.07, 6.45) is 0. The fourth-order valence-electron chi connectivity index (χ4n) is 1.06. The third-order valence-corrected chi connectivity index (χ3v) is 1.53. The van der Waals surface area contributed by atoms with Gasteiger partial charge in [0, 0.05) is 0 Å². The molecule has 0 amide bonds. The summed E-state index contributed by atoms with van der Waals surface area (Å²) in [5.41, 5.74) is -0.187. The second-order valence-corrected chi connectivity index (χ2v) is 4.02. The zero-order chi connectivity index (χ0) is 10.8. The first kappa shape index (κ1) is 14.0. The summed E-state index contributed by atoms with van der Waals surface area (Å²) in [5.74, 6) is -0.558. The molecule has 0 unspecified atom stereocenters. The van der Waals surface area contributed by atoms with Crippen LogP contribution in [0.1, 0.15) is 31.1 Å². The fourth-order valence-corrected chi connectivity index (χ4v) is 1.06. The number of hydrogen-bond acceptors (Lipinski definition) is 2. The first-order valence-electron chi connectivity index (χ1n) is 4.41. The van der Waals surface area contributed by atoms with Crippen LogP contribution in [-0.2, 0) is 17.1 Å². The van der Waals surface area contributed by atoms with Gasteiger partial charge in [0.1, 0.15) is 16.9 Å². The molecule has 0 aliphatic carbocycles. The van der Waals surface area contributed by atoms with Gasteiger partial charge in [-0.05, 0) is 32.9 Å². The van der Waals surface area contributed by atoms with E-state index in [0.29, 0.717) is 5.75 Å². The number of hydrogen-bond donors (Lipinski definition) is 1. The van der Waals surface area contributed by atoms with Crippen LogP contribution in [0.15, 0.2) is 24.3 Å². The Bertz CT molecular complexity index is 342. The Morgan fingerprint density at radius 3 is 2.27 bits per heavy atom. The van der Waals surface area contributed by atoms with Gasteiger partial charge in [0.05, 0.1) is 0 Å². The molecule has 82 valence electrons. The van der Waals surface area contributed by atoms with Crippen molar-refractivity contribution in [1.82, 2.24) is 0 Å². The standard InChI is InChI=1S/C11H14O3.Fe/c1-11(2,3)14-9-7-5-4-6-8(9)10(12)13;/h4-7H,1-3H3,(H,12,13);/q;+2. The van der Waals surface area contributed by atoms with Crippen LogP contribution < -0.4 is 4.74 Å². The normalized spacial score (nSPS) is 10.3. The average molecular weight is 250 g/mol. The molecule has 15 heavy (non-hydrogen) atoms. The van der Waals surface area contributed by atoms with Crippen molar-refractivity contribution in [3.05, 3.63) is 29.8 Å². The largest absolute Gasteiger partial charge is 2.00 e. The molecular formula is C11H14FeO3+2. The molecule has 1 aromatic rings.